The van der Waals surface area contributed by atoms with Gasteiger partial charge in [-0.15, -0.1) is 0 Å². The first-order valence-corrected chi connectivity index (χ1v) is 10.3. The van der Waals surface area contributed by atoms with Gasteiger partial charge in [-0.25, -0.2) is 4.98 Å². The summed E-state index contributed by atoms with van der Waals surface area (Å²) in [7, 11) is 0. The molecule has 0 spiro atoms. The molecular weight excluding hydrogens is 368 g/mol. The largest absolute Gasteiger partial charge is 0.352 e. The van der Waals surface area contributed by atoms with E-state index in [2.05, 4.69) is 36.3 Å². The van der Waals surface area contributed by atoms with Crippen LogP contribution in [-0.4, -0.2) is 55.7 Å². The first-order valence-electron chi connectivity index (χ1n) is 10.3. The average molecular weight is 392 g/mol. The summed E-state index contributed by atoms with van der Waals surface area (Å²) in [5.74, 6) is 1.44. The van der Waals surface area contributed by atoms with Crippen molar-refractivity contribution in [1.82, 2.24) is 24.6 Å². The maximum atomic E-state index is 12.8. The number of carbonyl (C=O) groups excluding carboxylic acids is 1. The number of nitriles is 1. The summed E-state index contributed by atoms with van der Waals surface area (Å²) in [5, 5.41) is 16.5. The first kappa shape index (κ1) is 17.9. The van der Waals surface area contributed by atoms with Gasteiger partial charge in [0.2, 0.25) is 11.9 Å². The molecule has 4 heterocycles. The normalized spacial score (nSPS) is 27.6. The third kappa shape index (κ3) is 3.28. The lowest BCUT2D eigenvalue weighted by Gasteiger charge is -2.41. The number of aryl methyl sites for hydroxylation is 1. The molecule has 1 saturated carbocycles. The van der Waals surface area contributed by atoms with E-state index in [1.165, 1.54) is 0 Å². The summed E-state index contributed by atoms with van der Waals surface area (Å²) in [6.45, 7) is 4.40. The number of rotatable bonds is 5. The van der Waals surface area contributed by atoms with Crippen molar-refractivity contribution >= 4 is 23.4 Å². The lowest BCUT2D eigenvalue weighted by molar-refractivity contribution is -0.136. The van der Waals surface area contributed by atoms with Crippen molar-refractivity contribution in [3.05, 3.63) is 24.7 Å². The van der Waals surface area contributed by atoms with Crippen molar-refractivity contribution in [1.29, 1.82) is 5.26 Å². The van der Waals surface area contributed by atoms with Crippen LogP contribution in [-0.2, 0) is 11.3 Å². The van der Waals surface area contributed by atoms with E-state index in [4.69, 9.17) is 5.26 Å². The Morgan fingerprint density at radius 1 is 1.34 bits per heavy atom. The van der Waals surface area contributed by atoms with Gasteiger partial charge in [0.1, 0.15) is 5.82 Å². The zero-order valence-electron chi connectivity index (χ0n) is 16.4. The van der Waals surface area contributed by atoms with Crippen LogP contribution < -0.4 is 10.2 Å². The van der Waals surface area contributed by atoms with Crippen LogP contribution in [0.15, 0.2) is 24.7 Å². The highest BCUT2D eigenvalue weighted by Gasteiger charge is 2.51. The molecule has 4 atom stereocenters. The van der Waals surface area contributed by atoms with Gasteiger partial charge >= 0.3 is 0 Å². The minimum Gasteiger partial charge on any atom is -0.352 e. The zero-order chi connectivity index (χ0) is 20.0. The highest BCUT2D eigenvalue weighted by molar-refractivity contribution is 5.83. The lowest BCUT2D eigenvalue weighted by atomic mass is 10.1. The molecule has 0 aromatic carbocycles. The van der Waals surface area contributed by atoms with Gasteiger partial charge in [-0.05, 0) is 32.3 Å². The third-order valence-electron chi connectivity index (χ3n) is 6.19. The number of anilines is 3. The SMILES string of the molecule is CCn1cc(Nc2nccc(N3CC4CC[C@H](C3)N4C(=O)[C@@H]3C[C@H]3C#N)n2)cn1. The van der Waals surface area contributed by atoms with E-state index in [1.807, 2.05) is 23.9 Å². The van der Waals surface area contributed by atoms with Crippen molar-refractivity contribution < 1.29 is 4.79 Å². The summed E-state index contributed by atoms with van der Waals surface area (Å²) in [5.41, 5.74) is 0.857. The van der Waals surface area contributed by atoms with Crippen molar-refractivity contribution in [2.24, 2.45) is 11.8 Å². The maximum Gasteiger partial charge on any atom is 0.229 e. The smallest absolute Gasteiger partial charge is 0.229 e. The fourth-order valence-electron chi connectivity index (χ4n) is 4.57. The van der Waals surface area contributed by atoms with Gasteiger partial charge in [0.25, 0.3) is 0 Å². The molecule has 2 bridgehead atoms. The van der Waals surface area contributed by atoms with Gasteiger partial charge < -0.3 is 15.1 Å². The van der Waals surface area contributed by atoms with Crippen LogP contribution in [0.25, 0.3) is 0 Å². The van der Waals surface area contributed by atoms with Crippen LogP contribution in [0.1, 0.15) is 26.2 Å². The Balaban J connectivity index is 1.28. The van der Waals surface area contributed by atoms with Gasteiger partial charge in [0.05, 0.1) is 29.8 Å². The number of aromatic nitrogens is 4. The first-order chi connectivity index (χ1) is 14.2. The molecule has 0 radical (unpaired) electrons. The molecule has 1 unspecified atom stereocenters. The molecule has 1 N–H and O–H groups in total. The van der Waals surface area contributed by atoms with E-state index in [-0.39, 0.29) is 29.8 Å². The van der Waals surface area contributed by atoms with E-state index >= 15 is 0 Å². The van der Waals surface area contributed by atoms with E-state index in [0.717, 1.165) is 50.4 Å². The molecule has 2 aromatic heterocycles. The summed E-state index contributed by atoms with van der Waals surface area (Å²) in [6.07, 6.45) is 8.20. The topological polar surface area (TPSA) is 103 Å². The lowest BCUT2D eigenvalue weighted by Crippen LogP contribution is -2.56. The summed E-state index contributed by atoms with van der Waals surface area (Å²) in [6, 6.07) is 4.57. The second-order valence-corrected chi connectivity index (χ2v) is 8.06. The second kappa shape index (κ2) is 7.03. The number of nitrogens with zero attached hydrogens (tertiary/aromatic N) is 7. The predicted molar refractivity (Wildman–Crippen MR) is 106 cm³/mol. The Hall–Kier alpha value is -3.15. The molecule has 2 saturated heterocycles. The Labute approximate surface area is 169 Å². The fourth-order valence-corrected chi connectivity index (χ4v) is 4.57. The summed E-state index contributed by atoms with van der Waals surface area (Å²) in [4.78, 5) is 26.2. The number of piperazine rings is 1. The van der Waals surface area contributed by atoms with E-state index in [9.17, 15) is 4.79 Å². The average Bonchev–Trinajstić information content (AvgIpc) is 3.33. The van der Waals surface area contributed by atoms with Crippen LogP contribution in [0, 0.1) is 23.2 Å². The number of amides is 1. The van der Waals surface area contributed by atoms with Crippen LogP contribution in [0.5, 0.6) is 0 Å². The summed E-state index contributed by atoms with van der Waals surface area (Å²) >= 11 is 0. The molecule has 2 aromatic rings. The molecule has 3 aliphatic rings. The molecule has 150 valence electrons. The Bertz CT molecular complexity index is 951. The predicted octanol–water partition coefficient (Wildman–Crippen LogP) is 1.78. The maximum absolute atomic E-state index is 12.8. The molecule has 9 heteroatoms. The van der Waals surface area contributed by atoms with Crippen LogP contribution >= 0.6 is 0 Å². The van der Waals surface area contributed by atoms with Gasteiger partial charge in [0.15, 0.2) is 0 Å². The van der Waals surface area contributed by atoms with Crippen molar-refractivity contribution in [2.75, 3.05) is 23.3 Å². The number of hydrogen-bond acceptors (Lipinski definition) is 7. The van der Waals surface area contributed by atoms with Crippen molar-refractivity contribution in [3.63, 3.8) is 0 Å². The summed E-state index contributed by atoms with van der Waals surface area (Å²) < 4.78 is 1.84. The minimum absolute atomic E-state index is 0.0754. The van der Waals surface area contributed by atoms with E-state index in [0.29, 0.717) is 5.95 Å². The van der Waals surface area contributed by atoms with Crippen LogP contribution in [0.3, 0.4) is 0 Å². The highest BCUT2D eigenvalue weighted by Crippen LogP contribution is 2.43. The van der Waals surface area contributed by atoms with Gasteiger partial charge in [0, 0.05) is 44.1 Å². The number of hydrogen-bond donors (Lipinski definition) is 1. The molecule has 1 aliphatic carbocycles. The van der Waals surface area contributed by atoms with Crippen molar-refractivity contribution in [2.45, 2.75) is 44.8 Å². The molecule has 1 amide bonds. The van der Waals surface area contributed by atoms with Crippen LogP contribution in [0.4, 0.5) is 17.5 Å². The van der Waals surface area contributed by atoms with Gasteiger partial charge in [-0.1, -0.05) is 0 Å². The second-order valence-electron chi connectivity index (χ2n) is 8.06. The van der Waals surface area contributed by atoms with Gasteiger partial charge in [-0.2, -0.15) is 15.3 Å². The number of carbonyl (C=O) groups is 1. The molecule has 3 fully saturated rings. The third-order valence-corrected chi connectivity index (χ3v) is 6.19. The standard InChI is InChI=1S/C20H24N8O/c1-2-27-10-14(9-23-27)24-20-22-6-5-18(25-20)26-11-15-3-4-16(12-26)28(15)19(29)17-7-13(17)8-21/h5-6,9-10,13,15-17H,2-4,7,11-12H2,1H3,(H,22,24,25)/t13-,15+,16?,17+/m0/s1. The molecule has 2 aliphatic heterocycles. The highest BCUT2D eigenvalue weighted by atomic mass is 16.2. The van der Waals surface area contributed by atoms with Gasteiger partial charge in [-0.3, -0.25) is 9.48 Å². The number of nitrogens with one attached hydrogen (secondary N) is 1. The Morgan fingerprint density at radius 3 is 2.79 bits per heavy atom. The molecular formula is C20H24N8O. The van der Waals surface area contributed by atoms with E-state index < -0.39 is 0 Å². The zero-order valence-corrected chi connectivity index (χ0v) is 16.4. The molecule has 29 heavy (non-hydrogen) atoms. The monoisotopic (exact) mass is 392 g/mol. The number of fused-ring (bicyclic) bond motifs is 2. The quantitative estimate of drug-likeness (QED) is 0.827. The van der Waals surface area contributed by atoms with Crippen LogP contribution in [0.2, 0.25) is 0 Å². The minimum atomic E-state index is -0.0764. The fraction of sp³-hybridized carbons (Fsp3) is 0.550. The molecule has 9 nitrogen and oxygen atoms in total. The molecule has 5 rings (SSSR count). The Morgan fingerprint density at radius 2 is 2.14 bits per heavy atom. The van der Waals surface area contributed by atoms with Crippen molar-refractivity contribution in [3.8, 4) is 6.07 Å². The Kier molecular flexibility index (Phi) is 4.34. The van der Waals surface area contributed by atoms with E-state index in [1.54, 1.807) is 12.4 Å².